The zero-order valence-electron chi connectivity index (χ0n) is 21.6. The van der Waals surface area contributed by atoms with Gasteiger partial charge in [0.1, 0.15) is 0 Å². The number of carbonyl (C=O) groups excluding carboxylic acids is 2. The molecule has 38 heavy (non-hydrogen) atoms. The van der Waals surface area contributed by atoms with E-state index in [0.717, 1.165) is 36.6 Å². The van der Waals surface area contributed by atoms with E-state index in [9.17, 15) is 9.59 Å². The first-order valence-corrected chi connectivity index (χ1v) is 14.6. The summed E-state index contributed by atoms with van der Waals surface area (Å²) in [4.78, 5) is 26.9. The molecule has 1 fully saturated rings. The minimum Gasteiger partial charge on any atom is -0.347 e. The summed E-state index contributed by atoms with van der Waals surface area (Å²) in [5, 5.41) is 9.98. The molecule has 0 unspecified atom stereocenters. The fourth-order valence-electron chi connectivity index (χ4n) is 5.24. The van der Waals surface area contributed by atoms with Gasteiger partial charge in [0.25, 0.3) is 11.8 Å². The van der Waals surface area contributed by atoms with Crippen molar-refractivity contribution in [2.75, 3.05) is 0 Å². The summed E-state index contributed by atoms with van der Waals surface area (Å²) < 4.78 is 0. The van der Waals surface area contributed by atoms with E-state index in [4.69, 9.17) is 0 Å². The van der Waals surface area contributed by atoms with Crippen LogP contribution in [0, 0.1) is 6.92 Å². The molecule has 4 aromatic carbocycles. The van der Waals surface area contributed by atoms with Crippen molar-refractivity contribution < 1.29 is 9.59 Å². The molecule has 2 atom stereocenters. The highest BCUT2D eigenvalue weighted by Gasteiger charge is 2.30. The number of nitrogens with one attached hydrogen (secondary N) is 2. The van der Waals surface area contributed by atoms with Crippen LogP contribution in [0.15, 0.2) is 109 Å². The lowest BCUT2D eigenvalue weighted by Gasteiger charge is -2.33. The zero-order valence-corrected chi connectivity index (χ0v) is 22.5. The molecule has 2 N–H and O–H groups in total. The lowest BCUT2D eigenvalue weighted by molar-refractivity contribution is 0.0863. The Morgan fingerprint density at radius 2 is 1.05 bits per heavy atom. The van der Waals surface area contributed by atoms with E-state index in [2.05, 4.69) is 65.2 Å². The standard InChI is InChI=1S/C33H33N2O2P/c1-24-14-8-9-19-27(24)32(36)34-29-21-11-12-22-30(29)35-33(37)28-20-10-13-23-31(28)38(25-15-4-2-5-16-25)26-17-6-3-7-18-26/h2-10,13-20,23,29-30H,11-12,21-22H2,1H3,(H,34,36)(H,35,37)/t29-,30-/m0/s1. The largest absolute Gasteiger partial charge is 0.347 e. The van der Waals surface area contributed by atoms with Crippen LogP contribution >= 0.6 is 7.92 Å². The Morgan fingerprint density at radius 1 is 0.605 bits per heavy atom. The van der Waals surface area contributed by atoms with Gasteiger partial charge in [-0.25, -0.2) is 0 Å². The molecule has 0 radical (unpaired) electrons. The molecule has 0 aromatic heterocycles. The second-order valence-corrected chi connectivity index (χ2v) is 12.0. The fraction of sp³-hybridized carbons (Fsp3) is 0.212. The maximum Gasteiger partial charge on any atom is 0.252 e. The lowest BCUT2D eigenvalue weighted by atomic mass is 9.89. The summed E-state index contributed by atoms with van der Waals surface area (Å²) in [7, 11) is -0.912. The molecule has 4 aromatic rings. The van der Waals surface area contributed by atoms with E-state index in [-0.39, 0.29) is 23.9 Å². The minimum absolute atomic E-state index is 0.0775. The third-order valence-corrected chi connectivity index (χ3v) is 9.71. The summed E-state index contributed by atoms with van der Waals surface area (Å²) in [6, 6.07) is 36.2. The predicted octanol–water partition coefficient (Wildman–Crippen LogP) is 5.22. The van der Waals surface area contributed by atoms with Gasteiger partial charge in [-0.2, -0.15) is 0 Å². The number of rotatable bonds is 7. The number of aryl methyl sites for hydroxylation is 1. The molecule has 5 rings (SSSR count). The van der Waals surface area contributed by atoms with Crippen LogP contribution in [-0.4, -0.2) is 23.9 Å². The highest BCUT2D eigenvalue weighted by molar-refractivity contribution is 7.80. The summed E-state index contributed by atoms with van der Waals surface area (Å²) in [5.41, 5.74) is 2.33. The first-order chi connectivity index (χ1) is 18.6. The van der Waals surface area contributed by atoms with Gasteiger partial charge in [-0.05, 0) is 61.3 Å². The monoisotopic (exact) mass is 520 g/mol. The molecule has 0 saturated heterocycles. The normalized spacial score (nSPS) is 17.1. The fourth-order valence-corrected chi connectivity index (χ4v) is 7.69. The molecule has 0 aliphatic heterocycles. The number of hydrogen-bond acceptors (Lipinski definition) is 2. The van der Waals surface area contributed by atoms with Crippen LogP contribution in [-0.2, 0) is 0 Å². The Labute approximate surface area is 226 Å². The molecule has 192 valence electrons. The van der Waals surface area contributed by atoms with E-state index in [1.54, 1.807) is 0 Å². The highest BCUT2D eigenvalue weighted by atomic mass is 31.1. The lowest BCUT2D eigenvalue weighted by Crippen LogP contribution is -2.53. The molecular weight excluding hydrogens is 487 g/mol. The number of hydrogen-bond donors (Lipinski definition) is 2. The predicted molar refractivity (Wildman–Crippen MR) is 157 cm³/mol. The first kappa shape index (κ1) is 25.9. The average molecular weight is 521 g/mol. The van der Waals surface area contributed by atoms with Crippen LogP contribution in [0.1, 0.15) is 52.0 Å². The maximum absolute atomic E-state index is 13.8. The van der Waals surface area contributed by atoms with Crippen LogP contribution in [0.2, 0.25) is 0 Å². The van der Waals surface area contributed by atoms with E-state index in [0.29, 0.717) is 11.1 Å². The first-order valence-electron chi connectivity index (χ1n) is 13.3. The van der Waals surface area contributed by atoms with Crippen LogP contribution in [0.25, 0.3) is 0 Å². The minimum atomic E-state index is -0.912. The topological polar surface area (TPSA) is 58.2 Å². The van der Waals surface area contributed by atoms with Gasteiger partial charge < -0.3 is 10.6 Å². The molecule has 5 heteroatoms. The zero-order chi connectivity index (χ0) is 26.3. The number of amides is 2. The van der Waals surface area contributed by atoms with Crippen molar-refractivity contribution in [3.05, 3.63) is 126 Å². The van der Waals surface area contributed by atoms with Gasteiger partial charge in [0.2, 0.25) is 0 Å². The number of carbonyl (C=O) groups is 2. The smallest absolute Gasteiger partial charge is 0.252 e. The molecule has 2 amide bonds. The molecular formula is C33H33N2O2P. The van der Waals surface area contributed by atoms with E-state index in [1.165, 1.54) is 10.6 Å². The van der Waals surface area contributed by atoms with Gasteiger partial charge in [0.15, 0.2) is 0 Å². The summed E-state index contributed by atoms with van der Waals surface area (Å²) in [6.45, 7) is 1.95. The van der Waals surface area contributed by atoms with E-state index in [1.807, 2.05) is 61.5 Å². The highest BCUT2D eigenvalue weighted by Crippen LogP contribution is 2.34. The van der Waals surface area contributed by atoms with Gasteiger partial charge in [-0.15, -0.1) is 0 Å². The van der Waals surface area contributed by atoms with Crippen LogP contribution in [0.5, 0.6) is 0 Å². The Morgan fingerprint density at radius 3 is 1.61 bits per heavy atom. The van der Waals surface area contributed by atoms with Crippen molar-refractivity contribution in [3.63, 3.8) is 0 Å². The van der Waals surface area contributed by atoms with Crippen molar-refractivity contribution >= 4 is 35.6 Å². The van der Waals surface area contributed by atoms with Crippen molar-refractivity contribution in [1.29, 1.82) is 0 Å². The van der Waals surface area contributed by atoms with Gasteiger partial charge in [0, 0.05) is 23.2 Å². The third-order valence-electron chi connectivity index (χ3n) is 7.21. The Balaban J connectivity index is 1.41. The molecule has 0 bridgehead atoms. The van der Waals surface area contributed by atoms with Gasteiger partial charge in [-0.3, -0.25) is 9.59 Å². The second kappa shape index (κ2) is 12.2. The Bertz CT molecular complexity index is 1350. The molecule has 4 nitrogen and oxygen atoms in total. The molecule has 1 aliphatic carbocycles. The summed E-state index contributed by atoms with van der Waals surface area (Å²) >= 11 is 0. The molecule has 1 saturated carbocycles. The van der Waals surface area contributed by atoms with Crippen LogP contribution in [0.4, 0.5) is 0 Å². The van der Waals surface area contributed by atoms with Crippen LogP contribution < -0.4 is 26.5 Å². The van der Waals surface area contributed by atoms with Crippen molar-refractivity contribution in [1.82, 2.24) is 10.6 Å². The third kappa shape index (κ3) is 5.87. The van der Waals surface area contributed by atoms with Gasteiger partial charge in [0.05, 0.1) is 0 Å². The molecule has 1 aliphatic rings. The van der Waals surface area contributed by atoms with Gasteiger partial charge >= 0.3 is 0 Å². The molecule has 0 heterocycles. The molecule has 0 spiro atoms. The number of benzene rings is 4. The van der Waals surface area contributed by atoms with Crippen molar-refractivity contribution in [2.45, 2.75) is 44.7 Å². The summed E-state index contributed by atoms with van der Waals surface area (Å²) in [6.07, 6.45) is 3.77. The van der Waals surface area contributed by atoms with E-state index < -0.39 is 7.92 Å². The Kier molecular flexibility index (Phi) is 8.31. The van der Waals surface area contributed by atoms with E-state index >= 15 is 0 Å². The quantitative estimate of drug-likeness (QED) is 0.328. The summed E-state index contributed by atoms with van der Waals surface area (Å²) in [5.74, 6) is -0.159. The van der Waals surface area contributed by atoms with Crippen LogP contribution in [0.3, 0.4) is 0 Å². The van der Waals surface area contributed by atoms with Crippen molar-refractivity contribution in [2.24, 2.45) is 0 Å². The van der Waals surface area contributed by atoms with Gasteiger partial charge in [-0.1, -0.05) is 110 Å². The maximum atomic E-state index is 13.8. The SMILES string of the molecule is Cc1ccccc1C(=O)N[C@H]1CCCC[C@@H]1NC(=O)c1ccccc1P(c1ccccc1)c1ccccc1. The average Bonchev–Trinajstić information content (AvgIpc) is 2.96. The second-order valence-electron chi connectivity index (χ2n) is 9.78. The van der Waals surface area contributed by atoms with Crippen molar-refractivity contribution in [3.8, 4) is 0 Å². The Hall–Kier alpha value is -3.75.